The highest BCUT2D eigenvalue weighted by atomic mass is 32.1. The predicted molar refractivity (Wildman–Crippen MR) is 232 cm³/mol. The number of rotatable bonds is 2. The van der Waals surface area contributed by atoms with Gasteiger partial charge in [0.2, 0.25) is 5.96 Å². The van der Waals surface area contributed by atoms with Gasteiger partial charge in [0, 0.05) is 53.2 Å². The highest BCUT2D eigenvalue weighted by molar-refractivity contribution is 7.26. The number of aliphatic imine (C=N–C) groups is 1. The largest absolute Gasteiger partial charge is 0.345 e. The molecule has 9 aromatic rings. The third-order valence-corrected chi connectivity index (χ3v) is 12.9. The zero-order valence-electron chi connectivity index (χ0n) is 29.3. The fourth-order valence-corrected chi connectivity index (χ4v) is 10.5. The standard InChI is InChI=1S/C50H33N3S/c1-2-14-31(15-3-1)47-40-20-8-10-23-42(40)51-50(52-47)53-43-28-26-32(34-21-12-22-39-36-18-9-11-24-44(36)54-49(34)39)29-41(43)46-45-33-16-5-4-13-30(33)25-27-37(45)35-17-6-7-19-38(35)48(46)53/h1-14,16-29,31,42H,15H2,(H,51,52). The van der Waals surface area contributed by atoms with Crippen LogP contribution in [-0.4, -0.2) is 16.6 Å². The van der Waals surface area contributed by atoms with E-state index in [1.54, 1.807) is 0 Å². The van der Waals surface area contributed by atoms with Gasteiger partial charge < -0.3 is 5.32 Å². The first-order valence-corrected chi connectivity index (χ1v) is 19.6. The van der Waals surface area contributed by atoms with Gasteiger partial charge in [-0.05, 0) is 57.3 Å². The van der Waals surface area contributed by atoms with E-state index in [1.807, 2.05) is 11.3 Å². The van der Waals surface area contributed by atoms with Gasteiger partial charge in [-0.1, -0.05) is 152 Å². The fourth-order valence-electron chi connectivity index (χ4n) is 9.31. The molecule has 0 amide bonds. The first-order valence-electron chi connectivity index (χ1n) is 18.8. The molecule has 2 atom stereocenters. The first-order chi connectivity index (χ1) is 26.8. The molecule has 2 aromatic heterocycles. The molecular weight excluding hydrogens is 675 g/mol. The van der Waals surface area contributed by atoms with Crippen molar-refractivity contribution in [1.82, 2.24) is 9.88 Å². The second-order valence-corrected chi connectivity index (χ2v) is 15.7. The van der Waals surface area contributed by atoms with E-state index in [2.05, 4.69) is 180 Å². The lowest BCUT2D eigenvalue weighted by molar-refractivity contribution is 0.691. The van der Waals surface area contributed by atoms with Crippen LogP contribution in [0.4, 0.5) is 0 Å². The first kappa shape index (κ1) is 30.0. The molecule has 0 saturated carbocycles. The quantitative estimate of drug-likeness (QED) is 0.178. The van der Waals surface area contributed by atoms with Crippen LogP contribution in [0.1, 0.15) is 6.42 Å². The molecule has 0 bridgehead atoms. The van der Waals surface area contributed by atoms with Crippen molar-refractivity contribution in [2.75, 3.05) is 0 Å². The average molecular weight is 708 g/mol. The summed E-state index contributed by atoms with van der Waals surface area (Å²) in [5.74, 6) is 1.08. The lowest BCUT2D eigenvalue weighted by Crippen LogP contribution is -2.43. The Hall–Kier alpha value is -6.49. The lowest BCUT2D eigenvalue weighted by Gasteiger charge is -2.31. The van der Waals surface area contributed by atoms with E-state index in [0.717, 1.165) is 23.6 Å². The van der Waals surface area contributed by atoms with E-state index in [4.69, 9.17) is 4.99 Å². The van der Waals surface area contributed by atoms with Crippen LogP contribution in [0.5, 0.6) is 0 Å². The van der Waals surface area contributed by atoms with Crippen LogP contribution in [0.25, 0.3) is 85.4 Å². The number of fused-ring (bicyclic) bond motifs is 14. The zero-order valence-corrected chi connectivity index (χ0v) is 30.1. The molecule has 54 heavy (non-hydrogen) atoms. The average Bonchev–Trinajstić information content (AvgIpc) is 3.79. The fraction of sp³-hybridized carbons (Fsp3) is 0.0600. The van der Waals surface area contributed by atoms with Crippen molar-refractivity contribution in [3.05, 3.63) is 181 Å². The van der Waals surface area contributed by atoms with Crippen LogP contribution in [0, 0.1) is 5.92 Å². The van der Waals surface area contributed by atoms with Gasteiger partial charge in [0.1, 0.15) is 0 Å². The van der Waals surface area contributed by atoms with E-state index < -0.39 is 0 Å². The summed E-state index contributed by atoms with van der Waals surface area (Å²) in [5.41, 5.74) is 7.20. The molecule has 3 nitrogen and oxygen atoms in total. The second-order valence-electron chi connectivity index (χ2n) is 14.6. The number of aromatic nitrogens is 1. The van der Waals surface area contributed by atoms with E-state index in [9.17, 15) is 0 Å². The molecule has 7 aromatic carbocycles. The molecular formula is C50H33N3S. The maximum Gasteiger partial charge on any atom is 0.208 e. The Morgan fingerprint density at radius 1 is 0.630 bits per heavy atom. The summed E-state index contributed by atoms with van der Waals surface area (Å²) < 4.78 is 5.08. The maximum absolute atomic E-state index is 5.61. The number of nitrogens with one attached hydrogen (secondary N) is 1. The van der Waals surface area contributed by atoms with Gasteiger partial charge in [-0.25, -0.2) is 4.99 Å². The van der Waals surface area contributed by atoms with Gasteiger partial charge in [-0.15, -0.1) is 11.3 Å². The minimum absolute atomic E-state index is 0.0293. The molecule has 12 rings (SSSR count). The second kappa shape index (κ2) is 11.5. The molecule has 0 fully saturated rings. The Morgan fingerprint density at radius 3 is 2.35 bits per heavy atom. The molecule has 0 saturated heterocycles. The minimum atomic E-state index is 0.0293. The molecule has 0 radical (unpaired) electrons. The van der Waals surface area contributed by atoms with Crippen molar-refractivity contribution in [1.29, 1.82) is 0 Å². The van der Waals surface area contributed by atoms with Crippen LogP contribution in [-0.2, 0) is 0 Å². The summed E-state index contributed by atoms with van der Waals surface area (Å²) in [4.78, 5) is 5.61. The van der Waals surface area contributed by atoms with Crippen LogP contribution in [0.3, 0.4) is 0 Å². The molecule has 1 aliphatic heterocycles. The summed E-state index contributed by atoms with van der Waals surface area (Å²) in [7, 11) is 0. The SMILES string of the molecule is C1=CCC(C2=C3C=CC=CC3NC(n3c4ccc(-c5cccc6c5sc5ccccc56)cc4c4c5c6ccccc6ccc5c5ccccc5c43)=N2)C=C1. The van der Waals surface area contributed by atoms with Gasteiger partial charge in [0.15, 0.2) is 0 Å². The van der Waals surface area contributed by atoms with Gasteiger partial charge in [0.25, 0.3) is 0 Å². The molecule has 1 N–H and O–H groups in total. The van der Waals surface area contributed by atoms with Crippen LogP contribution in [0.2, 0.25) is 0 Å². The van der Waals surface area contributed by atoms with E-state index in [-0.39, 0.29) is 12.0 Å². The van der Waals surface area contributed by atoms with Crippen molar-refractivity contribution < 1.29 is 0 Å². The van der Waals surface area contributed by atoms with Crippen LogP contribution < -0.4 is 5.32 Å². The summed E-state index contributed by atoms with van der Waals surface area (Å²) in [6.45, 7) is 0. The van der Waals surface area contributed by atoms with Gasteiger partial charge >= 0.3 is 0 Å². The van der Waals surface area contributed by atoms with Crippen LogP contribution in [0.15, 0.2) is 186 Å². The van der Waals surface area contributed by atoms with Crippen molar-refractivity contribution >= 4 is 91.6 Å². The molecule has 2 unspecified atom stereocenters. The van der Waals surface area contributed by atoms with Crippen molar-refractivity contribution in [3.8, 4) is 11.1 Å². The van der Waals surface area contributed by atoms with Crippen molar-refractivity contribution in [2.24, 2.45) is 10.9 Å². The third kappa shape index (κ3) is 4.26. The lowest BCUT2D eigenvalue weighted by atomic mass is 9.89. The van der Waals surface area contributed by atoms with E-state index >= 15 is 0 Å². The Morgan fingerprint density at radius 2 is 1.44 bits per heavy atom. The molecule has 254 valence electrons. The number of thiophene rings is 1. The predicted octanol–water partition coefficient (Wildman–Crippen LogP) is 13.0. The monoisotopic (exact) mass is 707 g/mol. The number of benzene rings is 7. The normalized spacial score (nSPS) is 18.2. The summed E-state index contributed by atoms with van der Waals surface area (Å²) in [6, 6.07) is 45.1. The molecule has 0 spiro atoms. The topological polar surface area (TPSA) is 29.3 Å². The van der Waals surface area contributed by atoms with E-state index in [0.29, 0.717) is 0 Å². The summed E-state index contributed by atoms with van der Waals surface area (Å²) in [5, 5.41) is 16.6. The zero-order chi connectivity index (χ0) is 35.3. The van der Waals surface area contributed by atoms with E-state index in [1.165, 1.54) is 85.5 Å². The van der Waals surface area contributed by atoms with Crippen LogP contribution >= 0.6 is 11.3 Å². The van der Waals surface area contributed by atoms with Crippen molar-refractivity contribution in [2.45, 2.75) is 12.5 Å². The van der Waals surface area contributed by atoms with Crippen molar-refractivity contribution in [3.63, 3.8) is 0 Å². The maximum atomic E-state index is 5.61. The Balaban J connectivity index is 1.24. The smallest absolute Gasteiger partial charge is 0.208 e. The molecule has 2 aliphatic carbocycles. The van der Waals surface area contributed by atoms with Gasteiger partial charge in [0.05, 0.1) is 22.8 Å². The number of hydrogen-bond donors (Lipinski definition) is 1. The Kier molecular flexibility index (Phi) is 6.40. The summed E-state index contributed by atoms with van der Waals surface area (Å²) >= 11 is 1.89. The minimum Gasteiger partial charge on any atom is -0.345 e. The number of nitrogens with zero attached hydrogens (tertiary/aromatic N) is 2. The molecule has 3 aliphatic rings. The molecule has 4 heteroatoms. The van der Waals surface area contributed by atoms with Gasteiger partial charge in [-0.3, -0.25) is 4.57 Å². The van der Waals surface area contributed by atoms with Gasteiger partial charge in [-0.2, -0.15) is 0 Å². The Bertz CT molecular complexity index is 3290. The highest BCUT2D eigenvalue weighted by Gasteiger charge is 2.30. The third-order valence-electron chi connectivity index (χ3n) is 11.7. The highest BCUT2D eigenvalue weighted by Crippen LogP contribution is 2.46. The number of hydrogen-bond acceptors (Lipinski definition) is 3. The Labute approximate surface area is 315 Å². The summed E-state index contributed by atoms with van der Waals surface area (Å²) in [6.07, 6.45) is 18.6. The molecule has 3 heterocycles. The number of allylic oxidation sites excluding steroid dienone is 6.